The molecular formula is C12H13N5. The third-order valence-electron chi connectivity index (χ3n) is 3.01. The maximum atomic E-state index is 6.40. The van der Waals surface area contributed by atoms with Crippen LogP contribution in [0.4, 0.5) is 5.82 Å². The van der Waals surface area contributed by atoms with E-state index in [1.807, 2.05) is 35.0 Å². The van der Waals surface area contributed by atoms with Gasteiger partial charge in [-0.05, 0) is 23.8 Å². The number of pyridine rings is 1. The lowest BCUT2D eigenvalue weighted by Gasteiger charge is -2.30. The van der Waals surface area contributed by atoms with Gasteiger partial charge in [0.15, 0.2) is 0 Å². The van der Waals surface area contributed by atoms with Gasteiger partial charge in [0.25, 0.3) is 0 Å². The number of nitrogen functional groups attached to an aromatic ring is 1. The van der Waals surface area contributed by atoms with Gasteiger partial charge < -0.3 is 16.0 Å². The fourth-order valence-electron chi connectivity index (χ4n) is 2.12. The summed E-state index contributed by atoms with van der Waals surface area (Å²) in [6, 6.07) is 3.85. The lowest BCUT2D eigenvalue weighted by molar-refractivity contribution is 0.451. The highest BCUT2D eigenvalue weighted by Gasteiger charge is 2.28. The zero-order valence-corrected chi connectivity index (χ0v) is 9.24. The van der Waals surface area contributed by atoms with Gasteiger partial charge in [-0.2, -0.15) is 0 Å². The molecule has 1 atom stereocenters. The van der Waals surface area contributed by atoms with E-state index in [2.05, 4.69) is 9.97 Å². The molecule has 0 aromatic carbocycles. The summed E-state index contributed by atoms with van der Waals surface area (Å²) < 4.78 is 1.97. The van der Waals surface area contributed by atoms with Gasteiger partial charge in [-0.25, -0.2) is 4.98 Å². The molecule has 0 saturated carbocycles. The minimum absolute atomic E-state index is 0.517. The van der Waals surface area contributed by atoms with Crippen LogP contribution in [0.2, 0.25) is 0 Å². The van der Waals surface area contributed by atoms with E-state index >= 15 is 0 Å². The number of nitrogens with zero attached hydrogens (tertiary/aromatic N) is 3. The molecule has 5 heteroatoms. The molecule has 3 heterocycles. The van der Waals surface area contributed by atoms with Gasteiger partial charge in [0.2, 0.25) is 0 Å². The Labute approximate surface area is 98.8 Å². The topological polar surface area (TPSA) is 82.8 Å². The van der Waals surface area contributed by atoms with Crippen LogP contribution in [0.15, 0.2) is 36.8 Å². The van der Waals surface area contributed by atoms with Crippen LogP contribution in [0.5, 0.6) is 0 Å². The van der Waals surface area contributed by atoms with Crippen molar-refractivity contribution in [1.29, 1.82) is 0 Å². The summed E-state index contributed by atoms with van der Waals surface area (Å²) in [4.78, 5) is 8.20. The van der Waals surface area contributed by atoms with Crippen LogP contribution < -0.4 is 11.5 Å². The first kappa shape index (κ1) is 10.0. The van der Waals surface area contributed by atoms with Crippen LogP contribution in [-0.2, 0) is 12.1 Å². The highest BCUT2D eigenvalue weighted by atomic mass is 15.1. The minimum atomic E-state index is -0.525. The Morgan fingerprint density at radius 2 is 2.06 bits per heavy atom. The summed E-state index contributed by atoms with van der Waals surface area (Å²) in [5.74, 6) is 1.36. The van der Waals surface area contributed by atoms with Gasteiger partial charge in [-0.1, -0.05) is 6.08 Å². The summed E-state index contributed by atoms with van der Waals surface area (Å²) in [7, 11) is 0. The molecule has 3 rings (SSSR count). The van der Waals surface area contributed by atoms with E-state index in [0.717, 1.165) is 11.4 Å². The van der Waals surface area contributed by atoms with Gasteiger partial charge in [-0.15, -0.1) is 0 Å². The second kappa shape index (κ2) is 3.43. The number of hydrogen-bond donors (Lipinski definition) is 2. The van der Waals surface area contributed by atoms with Gasteiger partial charge in [-0.3, -0.25) is 4.98 Å². The SMILES string of the molecule is Nc1cn2c(n1)C=CC(N)(c1ccncc1)C2. The van der Waals surface area contributed by atoms with Crippen molar-refractivity contribution in [2.75, 3.05) is 5.73 Å². The number of hydrogen-bond acceptors (Lipinski definition) is 4. The van der Waals surface area contributed by atoms with Crippen molar-refractivity contribution in [2.24, 2.45) is 5.73 Å². The number of aromatic nitrogens is 3. The smallest absolute Gasteiger partial charge is 0.142 e. The fraction of sp³-hybridized carbons (Fsp3) is 0.167. The number of fused-ring (bicyclic) bond motifs is 1. The molecular weight excluding hydrogens is 214 g/mol. The maximum Gasteiger partial charge on any atom is 0.142 e. The highest BCUT2D eigenvalue weighted by molar-refractivity contribution is 5.51. The van der Waals surface area contributed by atoms with Crippen LogP contribution in [0.25, 0.3) is 6.08 Å². The second-order valence-corrected chi connectivity index (χ2v) is 4.26. The van der Waals surface area contributed by atoms with E-state index in [4.69, 9.17) is 11.5 Å². The summed E-state index contributed by atoms with van der Waals surface area (Å²) in [5, 5.41) is 0. The molecule has 17 heavy (non-hydrogen) atoms. The number of anilines is 1. The first-order chi connectivity index (χ1) is 8.17. The zero-order chi connectivity index (χ0) is 11.9. The Bertz CT molecular complexity index is 572. The van der Waals surface area contributed by atoms with Crippen molar-refractivity contribution in [1.82, 2.24) is 14.5 Å². The first-order valence-electron chi connectivity index (χ1n) is 5.39. The van der Waals surface area contributed by atoms with E-state index < -0.39 is 5.54 Å². The largest absolute Gasteiger partial charge is 0.382 e. The Kier molecular flexibility index (Phi) is 2.02. The maximum absolute atomic E-state index is 6.40. The molecule has 0 radical (unpaired) electrons. The minimum Gasteiger partial charge on any atom is -0.382 e. The first-order valence-corrected chi connectivity index (χ1v) is 5.39. The summed E-state index contributed by atoms with van der Waals surface area (Å²) in [6.07, 6.45) is 9.16. The van der Waals surface area contributed by atoms with Gasteiger partial charge in [0.05, 0.1) is 12.1 Å². The second-order valence-electron chi connectivity index (χ2n) is 4.26. The average Bonchev–Trinajstić information content (AvgIpc) is 2.69. The number of nitrogens with two attached hydrogens (primary N) is 2. The van der Waals surface area contributed by atoms with Gasteiger partial charge in [0.1, 0.15) is 11.6 Å². The third-order valence-corrected chi connectivity index (χ3v) is 3.01. The molecule has 2 aromatic rings. The predicted octanol–water partition coefficient (Wildman–Crippen LogP) is 0.741. The summed E-state index contributed by atoms with van der Waals surface area (Å²) >= 11 is 0. The molecule has 0 bridgehead atoms. The Morgan fingerprint density at radius 1 is 1.29 bits per heavy atom. The zero-order valence-electron chi connectivity index (χ0n) is 9.24. The molecule has 4 N–H and O–H groups in total. The van der Waals surface area contributed by atoms with Crippen LogP contribution in [0, 0.1) is 0 Å². The highest BCUT2D eigenvalue weighted by Crippen LogP contribution is 2.27. The Hall–Kier alpha value is -2.14. The van der Waals surface area contributed by atoms with Crippen molar-refractivity contribution in [3.8, 4) is 0 Å². The standard InChI is InChI=1S/C12H13N5/c13-10-7-17-8-12(14,4-1-11(17)16-10)9-2-5-15-6-3-9/h1-7H,8,13-14H2. The van der Waals surface area contributed by atoms with Crippen molar-refractivity contribution in [3.63, 3.8) is 0 Å². The Morgan fingerprint density at radius 3 is 2.82 bits per heavy atom. The van der Waals surface area contributed by atoms with Crippen LogP contribution in [-0.4, -0.2) is 14.5 Å². The van der Waals surface area contributed by atoms with Crippen molar-refractivity contribution >= 4 is 11.9 Å². The van der Waals surface area contributed by atoms with Crippen molar-refractivity contribution in [2.45, 2.75) is 12.1 Å². The fourth-order valence-corrected chi connectivity index (χ4v) is 2.12. The Balaban J connectivity index is 2.03. The molecule has 1 unspecified atom stereocenters. The molecule has 86 valence electrons. The molecule has 0 saturated heterocycles. The molecule has 0 fully saturated rings. The molecule has 0 spiro atoms. The van der Waals surface area contributed by atoms with Crippen LogP contribution in [0.3, 0.4) is 0 Å². The molecule has 5 nitrogen and oxygen atoms in total. The van der Waals surface area contributed by atoms with E-state index in [-0.39, 0.29) is 0 Å². The number of imidazole rings is 1. The molecule has 0 amide bonds. The molecule has 2 aromatic heterocycles. The van der Waals surface area contributed by atoms with Gasteiger partial charge in [0, 0.05) is 18.6 Å². The van der Waals surface area contributed by atoms with Gasteiger partial charge >= 0.3 is 0 Å². The lowest BCUT2D eigenvalue weighted by atomic mass is 9.89. The summed E-state index contributed by atoms with van der Waals surface area (Å²) in [5.41, 5.74) is 12.6. The monoisotopic (exact) mass is 227 g/mol. The quantitative estimate of drug-likeness (QED) is 0.752. The van der Waals surface area contributed by atoms with Crippen LogP contribution >= 0.6 is 0 Å². The molecule has 1 aliphatic heterocycles. The third kappa shape index (κ3) is 1.60. The van der Waals surface area contributed by atoms with E-state index in [1.54, 1.807) is 12.4 Å². The number of rotatable bonds is 1. The molecule has 1 aliphatic rings. The van der Waals surface area contributed by atoms with Crippen molar-refractivity contribution in [3.05, 3.63) is 48.2 Å². The average molecular weight is 227 g/mol. The van der Waals surface area contributed by atoms with Crippen molar-refractivity contribution < 1.29 is 0 Å². The molecule has 0 aliphatic carbocycles. The lowest BCUT2D eigenvalue weighted by Crippen LogP contribution is -2.40. The van der Waals surface area contributed by atoms with E-state index in [0.29, 0.717) is 12.4 Å². The summed E-state index contributed by atoms with van der Waals surface area (Å²) in [6.45, 7) is 0.632. The van der Waals surface area contributed by atoms with E-state index in [1.165, 1.54) is 0 Å². The predicted molar refractivity (Wildman–Crippen MR) is 65.8 cm³/mol. The van der Waals surface area contributed by atoms with Crippen LogP contribution in [0.1, 0.15) is 11.4 Å². The van der Waals surface area contributed by atoms with E-state index in [9.17, 15) is 0 Å². The normalized spacial score (nSPS) is 22.4.